The average molecular weight is 741 g/mol. The summed E-state index contributed by atoms with van der Waals surface area (Å²) in [7, 11) is 1.22. The lowest BCUT2D eigenvalue weighted by Crippen LogP contribution is -2.27. The summed E-state index contributed by atoms with van der Waals surface area (Å²) in [4.78, 5) is 63.2. The van der Waals surface area contributed by atoms with Crippen LogP contribution in [0.15, 0.2) is 78.9 Å². The number of rotatable bonds is 14. The number of nitrogens with one attached hydrogen (secondary N) is 3. The highest BCUT2D eigenvalue weighted by atomic mass is 16.6. The lowest BCUT2D eigenvalue weighted by Gasteiger charge is -2.21. The molecule has 14 nitrogen and oxygen atoms in total. The van der Waals surface area contributed by atoms with Crippen molar-refractivity contribution < 1.29 is 47.7 Å². The van der Waals surface area contributed by atoms with E-state index in [4.69, 9.17) is 29.4 Å². The van der Waals surface area contributed by atoms with Gasteiger partial charge in [-0.05, 0) is 102 Å². The first-order valence-electron chi connectivity index (χ1n) is 16.9. The topological polar surface area (TPSA) is 194 Å². The predicted molar refractivity (Wildman–Crippen MR) is 202 cm³/mol. The van der Waals surface area contributed by atoms with Crippen LogP contribution in [0.3, 0.4) is 0 Å². The van der Waals surface area contributed by atoms with E-state index in [0.29, 0.717) is 5.69 Å². The van der Waals surface area contributed by atoms with Gasteiger partial charge in [-0.3, -0.25) is 19.7 Å². The molecule has 0 bridgehead atoms. The summed E-state index contributed by atoms with van der Waals surface area (Å²) < 4.78 is 27.7. The van der Waals surface area contributed by atoms with Crippen LogP contribution < -0.4 is 35.9 Å². The quantitative estimate of drug-likeness (QED) is 0.0992. The molecule has 0 spiro atoms. The van der Waals surface area contributed by atoms with Crippen molar-refractivity contribution in [2.45, 2.75) is 59.9 Å². The van der Waals surface area contributed by atoms with Gasteiger partial charge in [0.2, 0.25) is 0 Å². The maximum atomic E-state index is 13.6. The Labute approximate surface area is 313 Å². The van der Waals surface area contributed by atoms with Crippen LogP contribution in [-0.2, 0) is 20.9 Å². The molecule has 0 aliphatic carbocycles. The number of nitrogens with two attached hydrogens (primary N) is 1. The van der Waals surface area contributed by atoms with Crippen LogP contribution in [0.5, 0.6) is 17.2 Å². The van der Waals surface area contributed by atoms with E-state index in [1.54, 1.807) is 20.8 Å². The molecule has 4 amide bonds. The molecule has 4 aromatic rings. The SMILES string of the molecule is COC(=O)c1ccc(NC(=O)c2ccc(NC(=O)c3ccc(NC(=O)OC(C)(C)C)c(OC(C)C)c3)c(OCc3ccc(C)cc3)c2)c(OCC(N)=O)c1. The van der Waals surface area contributed by atoms with Crippen LogP contribution in [0, 0.1) is 6.92 Å². The Morgan fingerprint density at radius 2 is 1.19 bits per heavy atom. The van der Waals surface area contributed by atoms with E-state index in [0.717, 1.165) is 11.1 Å². The number of hydrogen-bond acceptors (Lipinski definition) is 10. The molecule has 0 saturated heterocycles. The second-order valence-corrected chi connectivity index (χ2v) is 13.4. The highest BCUT2D eigenvalue weighted by Gasteiger charge is 2.21. The second-order valence-electron chi connectivity index (χ2n) is 13.4. The predicted octanol–water partition coefficient (Wildman–Crippen LogP) is 6.86. The molecule has 0 aliphatic heterocycles. The molecular formula is C40H44N4O10. The van der Waals surface area contributed by atoms with Crippen LogP contribution in [0.4, 0.5) is 21.9 Å². The normalized spacial score (nSPS) is 10.9. The number of carbonyl (C=O) groups is 5. The van der Waals surface area contributed by atoms with Crippen molar-refractivity contribution in [2.75, 3.05) is 29.7 Å². The first-order chi connectivity index (χ1) is 25.5. The number of benzene rings is 4. The van der Waals surface area contributed by atoms with Gasteiger partial charge in [0.25, 0.3) is 17.7 Å². The third-order valence-electron chi connectivity index (χ3n) is 7.27. The molecule has 0 aliphatic rings. The molecule has 0 heterocycles. The first-order valence-corrected chi connectivity index (χ1v) is 16.9. The number of aryl methyl sites for hydroxylation is 1. The molecule has 4 aromatic carbocycles. The summed E-state index contributed by atoms with van der Waals surface area (Å²) in [6.07, 6.45) is -0.958. The first kappa shape index (κ1) is 40.2. The van der Waals surface area contributed by atoms with E-state index in [-0.39, 0.29) is 58.0 Å². The number of methoxy groups -OCH3 is 1. The standard InChI is InChI=1S/C40H44N4O10/c1-23(2)53-34-19-27(13-16-31(34)44-39(49)54-40(4,5)6)37(47)42-29-15-12-26(18-32(29)51-21-25-10-8-24(3)9-11-25)36(46)43-30-17-14-28(38(48)50-7)20-33(30)52-22-35(41)45/h8-20,23H,21-22H2,1-7H3,(H2,41,45)(H,42,47)(H,43,46)(H,44,49). The minimum absolute atomic E-state index is 0.0120. The third-order valence-corrected chi connectivity index (χ3v) is 7.27. The summed E-state index contributed by atoms with van der Waals surface area (Å²) in [6, 6.07) is 20.9. The number of ether oxygens (including phenoxy) is 5. The number of primary amides is 1. The molecule has 284 valence electrons. The summed E-state index contributed by atoms with van der Waals surface area (Å²) >= 11 is 0. The monoisotopic (exact) mass is 740 g/mol. The minimum atomic E-state index is -0.763. The van der Waals surface area contributed by atoms with Crippen LogP contribution in [-0.4, -0.2) is 55.2 Å². The zero-order chi connectivity index (χ0) is 39.6. The lowest BCUT2D eigenvalue weighted by atomic mass is 10.1. The fraction of sp³-hybridized carbons (Fsp3) is 0.275. The highest BCUT2D eigenvalue weighted by molar-refractivity contribution is 6.08. The molecule has 0 aromatic heterocycles. The Morgan fingerprint density at radius 1 is 0.685 bits per heavy atom. The summed E-state index contributed by atoms with van der Waals surface area (Å²) in [5, 5.41) is 8.23. The maximum Gasteiger partial charge on any atom is 0.412 e. The maximum absolute atomic E-state index is 13.6. The zero-order valence-corrected chi connectivity index (χ0v) is 31.2. The van der Waals surface area contributed by atoms with Gasteiger partial charge in [0.1, 0.15) is 29.5 Å². The molecule has 5 N–H and O–H groups in total. The van der Waals surface area contributed by atoms with Gasteiger partial charge < -0.3 is 40.1 Å². The van der Waals surface area contributed by atoms with E-state index in [1.165, 1.54) is 61.7 Å². The third kappa shape index (κ3) is 11.7. The van der Waals surface area contributed by atoms with Crippen molar-refractivity contribution in [3.8, 4) is 17.2 Å². The van der Waals surface area contributed by atoms with Crippen LogP contribution in [0.1, 0.15) is 76.8 Å². The smallest absolute Gasteiger partial charge is 0.412 e. The second kappa shape index (κ2) is 17.8. The van der Waals surface area contributed by atoms with Gasteiger partial charge in [-0.2, -0.15) is 0 Å². The Kier molecular flexibility index (Phi) is 13.2. The van der Waals surface area contributed by atoms with Crippen LogP contribution in [0.2, 0.25) is 0 Å². The summed E-state index contributed by atoms with van der Waals surface area (Å²) in [5.41, 5.74) is 7.65. The molecule has 0 atom stereocenters. The van der Waals surface area contributed by atoms with Crippen LogP contribution in [0.25, 0.3) is 0 Å². The van der Waals surface area contributed by atoms with Gasteiger partial charge in [0, 0.05) is 11.1 Å². The fourth-order valence-corrected chi connectivity index (χ4v) is 4.79. The fourth-order valence-electron chi connectivity index (χ4n) is 4.79. The van der Waals surface area contributed by atoms with E-state index < -0.39 is 42.0 Å². The summed E-state index contributed by atoms with van der Waals surface area (Å²) in [6.45, 7) is 10.4. The number of carbonyl (C=O) groups excluding carboxylic acids is 5. The van der Waals surface area contributed by atoms with Gasteiger partial charge in [0.05, 0.1) is 35.8 Å². The van der Waals surface area contributed by atoms with Gasteiger partial charge in [-0.1, -0.05) is 29.8 Å². The summed E-state index contributed by atoms with van der Waals surface area (Å²) in [5.74, 6) is -2.08. The molecule has 54 heavy (non-hydrogen) atoms. The Bertz CT molecular complexity index is 2020. The highest BCUT2D eigenvalue weighted by Crippen LogP contribution is 2.32. The Morgan fingerprint density at radius 3 is 1.70 bits per heavy atom. The molecule has 0 saturated carbocycles. The number of hydrogen-bond donors (Lipinski definition) is 4. The Hall–Kier alpha value is -6.57. The number of amides is 4. The van der Waals surface area contributed by atoms with Gasteiger partial charge in [-0.25, -0.2) is 9.59 Å². The van der Waals surface area contributed by atoms with Crippen molar-refractivity contribution in [3.63, 3.8) is 0 Å². The Balaban J connectivity index is 1.63. The van der Waals surface area contributed by atoms with Crippen molar-refractivity contribution in [1.29, 1.82) is 0 Å². The molecule has 14 heteroatoms. The zero-order valence-electron chi connectivity index (χ0n) is 31.2. The van der Waals surface area contributed by atoms with Crippen molar-refractivity contribution >= 4 is 46.8 Å². The average Bonchev–Trinajstić information content (AvgIpc) is 3.10. The van der Waals surface area contributed by atoms with Crippen molar-refractivity contribution in [1.82, 2.24) is 0 Å². The van der Waals surface area contributed by atoms with Crippen LogP contribution >= 0.6 is 0 Å². The van der Waals surface area contributed by atoms with E-state index in [2.05, 4.69) is 16.0 Å². The largest absolute Gasteiger partial charge is 0.489 e. The molecular weight excluding hydrogens is 696 g/mol. The van der Waals surface area contributed by atoms with E-state index in [1.807, 2.05) is 45.0 Å². The van der Waals surface area contributed by atoms with Crippen molar-refractivity contribution in [3.05, 3.63) is 107 Å². The molecule has 0 fully saturated rings. The van der Waals surface area contributed by atoms with Gasteiger partial charge >= 0.3 is 12.1 Å². The molecule has 0 radical (unpaired) electrons. The van der Waals surface area contributed by atoms with Gasteiger partial charge in [0.15, 0.2) is 6.61 Å². The van der Waals surface area contributed by atoms with E-state index >= 15 is 0 Å². The van der Waals surface area contributed by atoms with Crippen molar-refractivity contribution in [2.24, 2.45) is 5.73 Å². The lowest BCUT2D eigenvalue weighted by molar-refractivity contribution is -0.119. The number of anilines is 3. The molecule has 4 rings (SSSR count). The minimum Gasteiger partial charge on any atom is -0.489 e. The van der Waals surface area contributed by atoms with E-state index in [9.17, 15) is 24.0 Å². The number of esters is 1. The van der Waals surface area contributed by atoms with Gasteiger partial charge in [-0.15, -0.1) is 0 Å². The molecule has 0 unspecified atom stereocenters.